The van der Waals surface area contributed by atoms with Crippen molar-refractivity contribution in [3.8, 4) is 0 Å². The molecular weight excluding hydrogens is 254 g/mol. The van der Waals surface area contributed by atoms with Crippen molar-refractivity contribution in [3.63, 3.8) is 0 Å². The number of thioether (sulfide) groups is 1. The van der Waals surface area contributed by atoms with Crippen LogP contribution in [0.25, 0.3) is 0 Å². The molecule has 1 aliphatic rings. The number of aldehydes is 1. The number of hydrogen-bond donors (Lipinski definition) is 0. The molecule has 96 valence electrons. The van der Waals surface area contributed by atoms with Gasteiger partial charge < -0.3 is 4.90 Å². The van der Waals surface area contributed by atoms with Crippen LogP contribution in [0.5, 0.6) is 0 Å². The Balaban J connectivity index is 1.94. The van der Waals surface area contributed by atoms with Gasteiger partial charge in [-0.25, -0.2) is 0 Å². The molecule has 0 radical (unpaired) electrons. The van der Waals surface area contributed by atoms with E-state index in [0.717, 1.165) is 11.8 Å². The van der Waals surface area contributed by atoms with Gasteiger partial charge in [0.25, 0.3) is 0 Å². The van der Waals surface area contributed by atoms with Crippen LogP contribution in [0.1, 0.15) is 26.9 Å². The molecule has 0 saturated heterocycles. The third-order valence-corrected chi connectivity index (χ3v) is 4.85. The Morgan fingerprint density at radius 1 is 1.16 bits per heavy atom. The van der Waals surface area contributed by atoms with Crippen molar-refractivity contribution in [3.05, 3.63) is 59.2 Å². The van der Waals surface area contributed by atoms with Crippen molar-refractivity contribution in [1.82, 2.24) is 0 Å². The Bertz CT molecular complexity index is 621. The molecule has 3 heteroatoms. The van der Waals surface area contributed by atoms with E-state index in [-0.39, 0.29) is 5.37 Å². The van der Waals surface area contributed by atoms with Crippen LogP contribution >= 0.6 is 11.8 Å². The van der Waals surface area contributed by atoms with Crippen LogP contribution in [0.15, 0.2) is 47.4 Å². The molecular formula is C16H15NOS. The lowest BCUT2D eigenvalue weighted by Gasteiger charge is -2.22. The maximum absolute atomic E-state index is 10.7. The van der Waals surface area contributed by atoms with Crippen molar-refractivity contribution in [1.29, 1.82) is 0 Å². The number of anilines is 1. The largest absolute Gasteiger partial charge is 0.357 e. The number of carbonyl (C=O) groups excluding carboxylic acids is 1. The molecule has 0 aromatic heterocycles. The molecule has 0 N–H and O–H groups in total. The van der Waals surface area contributed by atoms with Crippen molar-refractivity contribution in [2.75, 3.05) is 11.9 Å². The lowest BCUT2D eigenvalue weighted by molar-refractivity contribution is 0.112. The number of aryl methyl sites for hydroxylation is 1. The monoisotopic (exact) mass is 269 g/mol. The van der Waals surface area contributed by atoms with Crippen molar-refractivity contribution < 1.29 is 4.79 Å². The Morgan fingerprint density at radius 2 is 1.89 bits per heavy atom. The predicted molar refractivity (Wildman–Crippen MR) is 80.0 cm³/mol. The molecule has 0 amide bonds. The van der Waals surface area contributed by atoms with Crippen LogP contribution in [-0.4, -0.2) is 13.3 Å². The van der Waals surface area contributed by atoms with Gasteiger partial charge in [-0.3, -0.25) is 4.79 Å². The summed E-state index contributed by atoms with van der Waals surface area (Å²) in [6.45, 7) is 2.12. The third-order valence-electron chi connectivity index (χ3n) is 3.44. The molecule has 1 aliphatic heterocycles. The lowest BCUT2D eigenvalue weighted by Crippen LogP contribution is -2.17. The zero-order valence-corrected chi connectivity index (χ0v) is 11.8. The van der Waals surface area contributed by atoms with Gasteiger partial charge in [0, 0.05) is 17.5 Å². The quantitative estimate of drug-likeness (QED) is 0.767. The second-order valence-electron chi connectivity index (χ2n) is 4.84. The number of benzene rings is 2. The minimum absolute atomic E-state index is 0.289. The summed E-state index contributed by atoms with van der Waals surface area (Å²) in [6, 6.07) is 14.4. The summed E-state index contributed by atoms with van der Waals surface area (Å²) in [5.41, 5.74) is 4.52. The van der Waals surface area contributed by atoms with E-state index in [2.05, 4.69) is 37.1 Å². The number of nitrogens with zero attached hydrogens (tertiary/aromatic N) is 1. The first-order chi connectivity index (χ1) is 9.19. The predicted octanol–water partition coefficient (Wildman–Crippen LogP) is 4.05. The molecule has 0 aliphatic carbocycles. The van der Waals surface area contributed by atoms with Crippen molar-refractivity contribution in [2.45, 2.75) is 17.2 Å². The zero-order chi connectivity index (χ0) is 13.4. The van der Waals surface area contributed by atoms with E-state index in [1.54, 1.807) is 0 Å². The highest BCUT2D eigenvalue weighted by atomic mass is 32.2. The summed E-state index contributed by atoms with van der Waals surface area (Å²) in [5.74, 6) is 0. The second-order valence-corrected chi connectivity index (χ2v) is 5.96. The summed E-state index contributed by atoms with van der Waals surface area (Å²) in [6.07, 6.45) is 0.882. The molecule has 1 atom stereocenters. The molecule has 0 bridgehead atoms. The highest BCUT2D eigenvalue weighted by Crippen LogP contribution is 2.50. The molecule has 2 aromatic carbocycles. The van der Waals surface area contributed by atoms with Crippen molar-refractivity contribution >= 4 is 23.7 Å². The van der Waals surface area contributed by atoms with Gasteiger partial charge in [-0.05, 0) is 30.2 Å². The molecule has 2 nitrogen and oxygen atoms in total. The van der Waals surface area contributed by atoms with E-state index in [0.29, 0.717) is 0 Å². The first-order valence-corrected chi connectivity index (χ1v) is 7.12. The standard InChI is InChI=1S/C16H15NOS/c1-11-3-8-15-14(9-11)17(2)16(19-15)13-6-4-12(10-18)5-7-13/h3-10,16H,1-2H3. The molecule has 1 unspecified atom stereocenters. The number of hydrogen-bond acceptors (Lipinski definition) is 3. The summed E-state index contributed by atoms with van der Waals surface area (Å²) in [7, 11) is 2.12. The van der Waals surface area contributed by atoms with Gasteiger partial charge in [0.1, 0.15) is 11.7 Å². The maximum Gasteiger partial charge on any atom is 0.150 e. The molecule has 2 aromatic rings. The van der Waals surface area contributed by atoms with E-state index in [1.807, 2.05) is 36.0 Å². The topological polar surface area (TPSA) is 20.3 Å². The van der Waals surface area contributed by atoms with Crippen LogP contribution in [0, 0.1) is 6.92 Å². The van der Waals surface area contributed by atoms with Crippen LogP contribution < -0.4 is 4.90 Å². The second kappa shape index (κ2) is 4.74. The fraction of sp³-hybridized carbons (Fsp3) is 0.188. The van der Waals surface area contributed by atoms with Crippen molar-refractivity contribution in [2.24, 2.45) is 0 Å². The minimum atomic E-state index is 0.289. The molecule has 0 saturated carbocycles. The summed E-state index contributed by atoms with van der Waals surface area (Å²) in [4.78, 5) is 14.3. The fourth-order valence-electron chi connectivity index (χ4n) is 2.36. The SMILES string of the molecule is Cc1ccc2c(c1)N(C)C(c1ccc(C=O)cc1)S2. The number of rotatable bonds is 2. The first kappa shape index (κ1) is 12.3. The highest BCUT2D eigenvalue weighted by Gasteiger charge is 2.28. The van der Waals surface area contributed by atoms with Crippen LogP contribution in [0.3, 0.4) is 0 Å². The zero-order valence-electron chi connectivity index (χ0n) is 11.0. The molecule has 0 spiro atoms. The number of carbonyl (C=O) groups is 1. The van der Waals surface area contributed by atoms with Gasteiger partial charge in [0.05, 0.1) is 5.69 Å². The maximum atomic E-state index is 10.7. The van der Waals surface area contributed by atoms with E-state index < -0.39 is 0 Å². The lowest BCUT2D eigenvalue weighted by atomic mass is 10.1. The van der Waals surface area contributed by atoms with Gasteiger partial charge in [0.2, 0.25) is 0 Å². The summed E-state index contributed by atoms with van der Waals surface area (Å²) in [5, 5.41) is 0.289. The van der Waals surface area contributed by atoms with Crippen LogP contribution in [-0.2, 0) is 0 Å². The minimum Gasteiger partial charge on any atom is -0.357 e. The average molecular weight is 269 g/mol. The third kappa shape index (κ3) is 2.15. The molecule has 0 fully saturated rings. The Hall–Kier alpha value is -1.74. The smallest absolute Gasteiger partial charge is 0.150 e. The molecule has 3 rings (SSSR count). The fourth-order valence-corrected chi connectivity index (χ4v) is 3.63. The summed E-state index contributed by atoms with van der Waals surface area (Å²) < 4.78 is 0. The van der Waals surface area contributed by atoms with E-state index in [9.17, 15) is 4.79 Å². The van der Waals surface area contributed by atoms with Gasteiger partial charge in [0.15, 0.2) is 0 Å². The highest BCUT2D eigenvalue weighted by molar-refractivity contribution is 8.00. The number of fused-ring (bicyclic) bond motifs is 1. The first-order valence-electron chi connectivity index (χ1n) is 6.24. The van der Waals surface area contributed by atoms with E-state index >= 15 is 0 Å². The van der Waals surface area contributed by atoms with Gasteiger partial charge in [-0.15, -0.1) is 0 Å². The van der Waals surface area contributed by atoms with Gasteiger partial charge in [-0.1, -0.05) is 42.1 Å². The molecule has 19 heavy (non-hydrogen) atoms. The Kier molecular flexibility index (Phi) is 3.07. The van der Waals surface area contributed by atoms with Crippen LogP contribution in [0.4, 0.5) is 5.69 Å². The Labute approximate surface area is 117 Å². The van der Waals surface area contributed by atoms with Gasteiger partial charge >= 0.3 is 0 Å². The average Bonchev–Trinajstić information content (AvgIpc) is 2.76. The van der Waals surface area contributed by atoms with E-state index in [1.165, 1.54) is 21.7 Å². The van der Waals surface area contributed by atoms with Crippen LogP contribution in [0.2, 0.25) is 0 Å². The van der Waals surface area contributed by atoms with E-state index in [4.69, 9.17) is 0 Å². The molecule has 1 heterocycles. The summed E-state index contributed by atoms with van der Waals surface area (Å²) >= 11 is 1.86. The normalized spacial score (nSPS) is 17.4. The van der Waals surface area contributed by atoms with Gasteiger partial charge in [-0.2, -0.15) is 0 Å². The Morgan fingerprint density at radius 3 is 2.58 bits per heavy atom.